The van der Waals surface area contributed by atoms with E-state index in [4.69, 9.17) is 18.9 Å². The first-order chi connectivity index (χ1) is 11.0. The Balaban J connectivity index is 2.25. The molecule has 1 aromatic carbocycles. The monoisotopic (exact) mass is 446 g/mol. The van der Waals surface area contributed by atoms with Crippen LogP contribution in [0.25, 0.3) is 0 Å². The molecule has 1 N–H and O–H groups in total. The average Bonchev–Trinajstić information content (AvgIpc) is 3.05. The Hall–Kier alpha value is -1.02. The SMILES string of the molecule is COc1ccc([C@@]2(O)C(Br)=C(Br)[C@H]3C=C[C@@H]2O3)c(OC)c1OC. The van der Waals surface area contributed by atoms with Crippen LogP contribution in [0.3, 0.4) is 0 Å². The molecule has 0 aliphatic carbocycles. The van der Waals surface area contributed by atoms with Gasteiger partial charge in [0, 0.05) is 14.5 Å². The van der Waals surface area contributed by atoms with E-state index < -0.39 is 11.7 Å². The number of hydrogen-bond donors (Lipinski definition) is 1. The molecule has 0 amide bonds. The first-order valence-corrected chi connectivity index (χ1v) is 8.48. The lowest BCUT2D eigenvalue weighted by Gasteiger charge is -2.39. The summed E-state index contributed by atoms with van der Waals surface area (Å²) in [6.07, 6.45) is 3.02. The van der Waals surface area contributed by atoms with Gasteiger partial charge in [-0.25, -0.2) is 0 Å². The van der Waals surface area contributed by atoms with Crippen LogP contribution in [0.15, 0.2) is 33.2 Å². The number of methoxy groups -OCH3 is 3. The molecule has 0 fully saturated rings. The lowest BCUT2D eigenvalue weighted by atomic mass is 9.86. The van der Waals surface area contributed by atoms with Gasteiger partial charge in [-0.1, -0.05) is 44.0 Å². The second-order valence-electron chi connectivity index (χ2n) is 5.17. The highest BCUT2D eigenvalue weighted by molar-refractivity contribution is 9.14. The van der Waals surface area contributed by atoms with E-state index in [9.17, 15) is 5.11 Å². The third kappa shape index (κ3) is 2.33. The summed E-state index contributed by atoms with van der Waals surface area (Å²) in [5, 5.41) is 11.5. The molecule has 0 aromatic heterocycles. The molecule has 2 bridgehead atoms. The van der Waals surface area contributed by atoms with E-state index in [1.54, 1.807) is 19.2 Å². The molecule has 0 saturated carbocycles. The van der Waals surface area contributed by atoms with Gasteiger partial charge in [0.25, 0.3) is 0 Å². The van der Waals surface area contributed by atoms with Crippen molar-refractivity contribution in [2.24, 2.45) is 0 Å². The lowest BCUT2D eigenvalue weighted by Crippen LogP contribution is -2.44. The number of fused-ring (bicyclic) bond motifs is 2. The summed E-state index contributed by atoms with van der Waals surface area (Å²) in [7, 11) is 4.60. The molecule has 1 aromatic rings. The van der Waals surface area contributed by atoms with Crippen molar-refractivity contribution in [2.45, 2.75) is 17.8 Å². The number of ether oxygens (including phenoxy) is 4. The van der Waals surface area contributed by atoms with Crippen molar-refractivity contribution in [1.82, 2.24) is 0 Å². The Morgan fingerprint density at radius 1 is 1.04 bits per heavy atom. The smallest absolute Gasteiger partial charge is 0.203 e. The van der Waals surface area contributed by atoms with Crippen LogP contribution < -0.4 is 14.2 Å². The molecule has 23 heavy (non-hydrogen) atoms. The molecule has 3 rings (SSSR count). The van der Waals surface area contributed by atoms with Gasteiger partial charge in [0.15, 0.2) is 17.1 Å². The maximum Gasteiger partial charge on any atom is 0.203 e. The minimum atomic E-state index is -1.44. The van der Waals surface area contributed by atoms with Gasteiger partial charge >= 0.3 is 0 Å². The zero-order valence-electron chi connectivity index (χ0n) is 12.8. The molecule has 124 valence electrons. The molecule has 2 heterocycles. The number of hydrogen-bond acceptors (Lipinski definition) is 5. The van der Waals surface area contributed by atoms with E-state index in [2.05, 4.69) is 31.9 Å². The minimum Gasteiger partial charge on any atom is -0.493 e. The topological polar surface area (TPSA) is 57.2 Å². The maximum absolute atomic E-state index is 11.5. The molecule has 0 radical (unpaired) electrons. The van der Waals surface area contributed by atoms with Crippen molar-refractivity contribution in [1.29, 1.82) is 0 Å². The van der Waals surface area contributed by atoms with E-state index in [0.29, 0.717) is 27.3 Å². The normalized spacial score (nSPS) is 29.0. The van der Waals surface area contributed by atoms with Crippen LogP contribution in [-0.2, 0) is 10.3 Å². The van der Waals surface area contributed by atoms with Gasteiger partial charge in [0.05, 0.1) is 21.3 Å². The highest BCUT2D eigenvalue weighted by Crippen LogP contribution is 2.54. The fraction of sp³-hybridized carbons (Fsp3) is 0.375. The zero-order chi connectivity index (χ0) is 16.8. The molecule has 7 heteroatoms. The highest BCUT2D eigenvalue weighted by Gasteiger charge is 2.51. The summed E-state index contributed by atoms with van der Waals surface area (Å²) in [4.78, 5) is 0. The predicted molar refractivity (Wildman–Crippen MR) is 92.7 cm³/mol. The highest BCUT2D eigenvalue weighted by atomic mass is 79.9. The summed E-state index contributed by atoms with van der Waals surface area (Å²) >= 11 is 7.00. The van der Waals surface area contributed by atoms with Crippen LogP contribution in [0, 0.1) is 0 Å². The Kier molecular flexibility index (Phi) is 4.48. The van der Waals surface area contributed by atoms with Crippen LogP contribution in [0.5, 0.6) is 17.2 Å². The predicted octanol–water partition coefficient (Wildman–Crippen LogP) is 3.24. The Bertz CT molecular complexity index is 700. The van der Waals surface area contributed by atoms with Crippen molar-refractivity contribution in [3.8, 4) is 17.2 Å². The summed E-state index contributed by atoms with van der Waals surface area (Å²) in [5.41, 5.74) is -0.913. The number of aliphatic hydroxyl groups is 1. The van der Waals surface area contributed by atoms with Gasteiger partial charge in [-0.05, 0) is 12.1 Å². The van der Waals surface area contributed by atoms with E-state index in [1.807, 2.05) is 12.2 Å². The molecule has 2 aliphatic heterocycles. The van der Waals surface area contributed by atoms with E-state index in [1.165, 1.54) is 14.2 Å². The van der Waals surface area contributed by atoms with Crippen molar-refractivity contribution < 1.29 is 24.1 Å². The van der Waals surface area contributed by atoms with Crippen molar-refractivity contribution >= 4 is 31.9 Å². The van der Waals surface area contributed by atoms with Crippen molar-refractivity contribution in [3.05, 3.63) is 38.8 Å². The van der Waals surface area contributed by atoms with Gasteiger partial charge < -0.3 is 24.1 Å². The minimum absolute atomic E-state index is 0.194. The van der Waals surface area contributed by atoms with Crippen molar-refractivity contribution in [2.75, 3.05) is 21.3 Å². The zero-order valence-corrected chi connectivity index (χ0v) is 16.0. The van der Waals surface area contributed by atoms with Gasteiger partial charge in [0.2, 0.25) is 5.75 Å². The summed E-state index contributed by atoms with van der Waals surface area (Å²) in [6, 6.07) is 3.48. The third-order valence-electron chi connectivity index (χ3n) is 4.07. The molecule has 0 unspecified atom stereocenters. The number of rotatable bonds is 4. The van der Waals surface area contributed by atoms with Crippen LogP contribution in [0.2, 0.25) is 0 Å². The van der Waals surface area contributed by atoms with E-state index in [0.717, 1.165) is 4.48 Å². The molecule has 3 atom stereocenters. The average molecular weight is 448 g/mol. The second-order valence-corrected chi connectivity index (χ2v) is 6.82. The largest absolute Gasteiger partial charge is 0.493 e. The number of halogens is 2. The van der Waals surface area contributed by atoms with Gasteiger partial charge in [0.1, 0.15) is 12.2 Å². The van der Waals surface area contributed by atoms with Gasteiger partial charge in [-0.2, -0.15) is 0 Å². The van der Waals surface area contributed by atoms with Crippen LogP contribution in [0.1, 0.15) is 5.56 Å². The summed E-state index contributed by atoms with van der Waals surface area (Å²) < 4.78 is 23.4. The van der Waals surface area contributed by atoms with Crippen LogP contribution in [0.4, 0.5) is 0 Å². The Labute approximate surface area is 151 Å². The third-order valence-corrected chi connectivity index (χ3v) is 6.49. The molecular weight excluding hydrogens is 432 g/mol. The standard InChI is InChI=1S/C16H16Br2O5/c1-20-10-5-4-8(13(21-2)14(10)22-3)16(19)11-7-6-9(23-11)12(17)15(16)18/h4-7,9,11,19H,1-3H3/t9-,11+,16+/m1/s1. The molecule has 5 nitrogen and oxygen atoms in total. The van der Waals surface area contributed by atoms with Crippen LogP contribution >= 0.6 is 31.9 Å². The Morgan fingerprint density at radius 3 is 2.35 bits per heavy atom. The van der Waals surface area contributed by atoms with Crippen molar-refractivity contribution in [3.63, 3.8) is 0 Å². The fourth-order valence-corrected chi connectivity index (χ4v) is 4.16. The van der Waals surface area contributed by atoms with E-state index >= 15 is 0 Å². The first kappa shape index (κ1) is 16.8. The summed E-state index contributed by atoms with van der Waals surface area (Å²) in [5.74, 6) is 1.34. The quantitative estimate of drug-likeness (QED) is 0.718. The fourth-order valence-electron chi connectivity index (χ4n) is 2.94. The maximum atomic E-state index is 11.5. The Morgan fingerprint density at radius 2 is 1.74 bits per heavy atom. The van der Waals surface area contributed by atoms with E-state index in [-0.39, 0.29) is 6.10 Å². The van der Waals surface area contributed by atoms with Gasteiger partial charge in [-0.3, -0.25) is 0 Å². The first-order valence-electron chi connectivity index (χ1n) is 6.90. The molecular formula is C16H16Br2O5. The second kappa shape index (κ2) is 6.12. The summed E-state index contributed by atoms with van der Waals surface area (Å²) in [6.45, 7) is 0. The number of benzene rings is 1. The van der Waals surface area contributed by atoms with Crippen LogP contribution in [-0.4, -0.2) is 38.6 Å². The molecule has 0 saturated heterocycles. The lowest BCUT2D eigenvalue weighted by molar-refractivity contribution is -0.0739. The molecule has 0 spiro atoms. The van der Waals surface area contributed by atoms with Gasteiger partial charge in [-0.15, -0.1) is 0 Å². The molecule has 2 aliphatic rings.